The molecule has 1 aromatic rings. The van der Waals surface area contributed by atoms with Gasteiger partial charge in [-0.25, -0.2) is 4.68 Å². The number of carbonyl (C=O) groups is 1. The number of unbranched alkanes of at least 4 members (excludes halogenated alkanes) is 3. The molecule has 1 unspecified atom stereocenters. The maximum atomic E-state index is 11.8. The molecule has 12 nitrogen and oxygen atoms in total. The number of nitrogens with one attached hydrogen (secondary N) is 1. The molecule has 0 aliphatic carbocycles. The van der Waals surface area contributed by atoms with Crippen molar-refractivity contribution in [2.45, 2.75) is 65.0 Å². The van der Waals surface area contributed by atoms with Crippen molar-refractivity contribution >= 4 is 24.7 Å². The lowest BCUT2D eigenvalue weighted by atomic mass is 10.1. The monoisotopic (exact) mass is 596 g/mol. The number of hydrogen-bond donors (Lipinski definition) is 2. The van der Waals surface area contributed by atoms with E-state index < -0.39 is 6.57 Å². The summed E-state index contributed by atoms with van der Waals surface area (Å²) >= 11 is 3.88. The molecule has 1 atom stereocenters. The van der Waals surface area contributed by atoms with E-state index in [4.69, 9.17) is 28.2 Å². The van der Waals surface area contributed by atoms with Gasteiger partial charge in [-0.05, 0) is 33.6 Å². The molecule has 0 aromatic carbocycles. The first kappa shape index (κ1) is 36.0. The lowest BCUT2D eigenvalue weighted by molar-refractivity contribution is -0.122. The number of rotatable bonds is 25. The fourth-order valence-electron chi connectivity index (χ4n) is 3.04. The lowest BCUT2D eigenvalue weighted by Crippen LogP contribution is -2.25. The highest BCUT2D eigenvalue weighted by Gasteiger charge is 2.14. The van der Waals surface area contributed by atoms with Gasteiger partial charge in [0.1, 0.15) is 5.69 Å². The Kier molecular flexibility index (Phi) is 20.0. The second-order valence-electron chi connectivity index (χ2n) is 9.98. The molecule has 1 heterocycles. The van der Waals surface area contributed by atoms with E-state index in [1.54, 1.807) is 0 Å². The molecule has 228 valence electrons. The molecule has 0 spiro atoms. The molecule has 0 fully saturated rings. The summed E-state index contributed by atoms with van der Waals surface area (Å²) in [6.07, 6.45) is 5.91. The third kappa shape index (κ3) is 22.3. The fourth-order valence-corrected chi connectivity index (χ4v) is 3.76. The Hall–Kier alpha value is -1.05. The predicted octanol–water partition coefficient (Wildman–Crippen LogP) is 3.45. The van der Waals surface area contributed by atoms with E-state index in [2.05, 4.69) is 48.6 Å². The molecule has 1 aromatic heterocycles. The SMILES string of the molecule is CC(C)(C)n1cc(COCCOCCOCCOCCOCCC(=O)NCCCCCCOP(C)(=O)S)nn1. The van der Waals surface area contributed by atoms with Gasteiger partial charge >= 0.3 is 0 Å². The minimum absolute atomic E-state index is 0.0199. The molecule has 1 N–H and O–H groups in total. The van der Waals surface area contributed by atoms with E-state index in [0.717, 1.165) is 31.4 Å². The van der Waals surface area contributed by atoms with Gasteiger partial charge in [-0.2, -0.15) is 0 Å². The van der Waals surface area contributed by atoms with Gasteiger partial charge in [0.2, 0.25) is 5.91 Å². The number of aromatic nitrogens is 3. The normalized spacial score (nSPS) is 13.5. The van der Waals surface area contributed by atoms with Crippen LogP contribution in [0.4, 0.5) is 0 Å². The quantitative estimate of drug-likeness (QED) is 0.0983. The van der Waals surface area contributed by atoms with Crippen molar-refractivity contribution < 1.29 is 37.6 Å². The van der Waals surface area contributed by atoms with Crippen molar-refractivity contribution in [2.24, 2.45) is 0 Å². The maximum Gasteiger partial charge on any atom is 0.251 e. The largest absolute Gasteiger partial charge is 0.379 e. The number of amides is 1. The van der Waals surface area contributed by atoms with Gasteiger partial charge in [0.25, 0.3) is 6.57 Å². The van der Waals surface area contributed by atoms with E-state index in [-0.39, 0.29) is 11.4 Å². The number of nitrogens with zero attached hydrogens (tertiary/aromatic N) is 3. The van der Waals surface area contributed by atoms with E-state index in [1.807, 2.05) is 10.9 Å². The Morgan fingerprint density at radius 3 is 1.95 bits per heavy atom. The van der Waals surface area contributed by atoms with Gasteiger partial charge < -0.3 is 33.5 Å². The Balaban J connectivity index is 1.76. The third-order valence-corrected chi connectivity index (χ3v) is 6.17. The van der Waals surface area contributed by atoms with Crippen LogP contribution in [0.5, 0.6) is 0 Å². The van der Waals surface area contributed by atoms with Crippen LogP contribution in [0.3, 0.4) is 0 Å². The van der Waals surface area contributed by atoms with Gasteiger partial charge in [-0.1, -0.05) is 30.3 Å². The highest BCUT2D eigenvalue weighted by Crippen LogP contribution is 2.47. The van der Waals surface area contributed by atoms with E-state index in [9.17, 15) is 9.36 Å². The molecule has 0 aliphatic rings. The second kappa shape index (κ2) is 21.7. The van der Waals surface area contributed by atoms with Crippen molar-refractivity contribution in [3.63, 3.8) is 0 Å². The molecule has 14 heteroatoms. The zero-order chi connectivity index (χ0) is 28.8. The van der Waals surface area contributed by atoms with E-state index in [1.165, 1.54) is 6.66 Å². The van der Waals surface area contributed by atoms with Crippen molar-refractivity contribution in [3.8, 4) is 0 Å². The topological polar surface area (TPSA) is 132 Å². The summed E-state index contributed by atoms with van der Waals surface area (Å²) in [5.74, 6) is -0.0199. The van der Waals surface area contributed by atoms with Crippen LogP contribution < -0.4 is 5.32 Å². The first-order chi connectivity index (χ1) is 18.6. The van der Waals surface area contributed by atoms with Gasteiger partial charge in [0.15, 0.2) is 0 Å². The molecular weight excluding hydrogens is 547 g/mol. The smallest absolute Gasteiger partial charge is 0.251 e. The molecule has 0 aliphatic heterocycles. The highest BCUT2D eigenvalue weighted by atomic mass is 32.7. The summed E-state index contributed by atoms with van der Waals surface area (Å²) in [6.45, 7) is 10.7. The molecule has 0 bridgehead atoms. The number of carbonyl (C=O) groups excluding carboxylic acids is 1. The molecule has 0 saturated carbocycles. The summed E-state index contributed by atoms with van der Waals surface area (Å²) in [5.41, 5.74) is 0.703. The van der Waals surface area contributed by atoms with Crippen LogP contribution in [-0.2, 0) is 49.7 Å². The van der Waals surface area contributed by atoms with Crippen molar-refractivity contribution in [1.82, 2.24) is 20.3 Å². The average molecular weight is 597 g/mol. The molecule has 39 heavy (non-hydrogen) atoms. The average Bonchev–Trinajstić information content (AvgIpc) is 3.34. The standard InChI is InChI=1S/C25H49N4O8PS/c1-25(2,3)29-21-23(27-28-29)22-36-20-19-35-18-17-34-16-15-33-14-13-32-12-9-24(30)26-10-7-5-6-8-11-37-38(4,31)39/h21H,5-20,22H2,1-4H3,(H,26,30)(H,31,39). The summed E-state index contributed by atoms with van der Waals surface area (Å²) in [6, 6.07) is 0. The summed E-state index contributed by atoms with van der Waals surface area (Å²) < 4.78 is 45.6. The molecule has 0 radical (unpaired) electrons. The van der Waals surface area contributed by atoms with Gasteiger partial charge in [-0.15, -0.1) is 5.10 Å². The first-order valence-corrected chi connectivity index (χ1v) is 16.8. The maximum absolute atomic E-state index is 11.8. The number of hydrogen-bond acceptors (Lipinski definition) is 10. The lowest BCUT2D eigenvalue weighted by Gasteiger charge is -2.17. The van der Waals surface area contributed by atoms with Crippen LogP contribution in [0.25, 0.3) is 0 Å². The minimum atomic E-state index is -2.68. The van der Waals surface area contributed by atoms with Crippen molar-refractivity contribution in [1.29, 1.82) is 0 Å². The molecule has 1 amide bonds. The van der Waals surface area contributed by atoms with Crippen LogP contribution in [-0.4, -0.2) is 100 Å². The van der Waals surface area contributed by atoms with Crippen molar-refractivity contribution in [3.05, 3.63) is 11.9 Å². The van der Waals surface area contributed by atoms with Crippen LogP contribution >= 0.6 is 18.8 Å². The van der Waals surface area contributed by atoms with Crippen LogP contribution in [0, 0.1) is 0 Å². The van der Waals surface area contributed by atoms with E-state index >= 15 is 0 Å². The fraction of sp³-hybridized carbons (Fsp3) is 0.880. The minimum Gasteiger partial charge on any atom is -0.379 e. The van der Waals surface area contributed by atoms with Crippen LogP contribution in [0.2, 0.25) is 0 Å². The Bertz CT molecular complexity index is 803. The third-order valence-electron chi connectivity index (χ3n) is 5.16. The van der Waals surface area contributed by atoms with Gasteiger partial charge in [0, 0.05) is 19.6 Å². The highest BCUT2D eigenvalue weighted by molar-refractivity contribution is 8.46. The molecule has 1 rings (SSSR count). The zero-order valence-corrected chi connectivity index (χ0v) is 25.9. The zero-order valence-electron chi connectivity index (χ0n) is 24.1. The molecule has 0 saturated heterocycles. The predicted molar refractivity (Wildman–Crippen MR) is 153 cm³/mol. The summed E-state index contributed by atoms with van der Waals surface area (Å²) in [4.78, 5) is 11.8. The number of ether oxygens (including phenoxy) is 5. The Morgan fingerprint density at radius 1 is 0.872 bits per heavy atom. The molecular formula is C25H49N4O8PS. The first-order valence-electron chi connectivity index (χ1n) is 13.6. The van der Waals surface area contributed by atoms with Crippen molar-refractivity contribution in [2.75, 3.05) is 79.3 Å². The van der Waals surface area contributed by atoms with E-state index in [0.29, 0.717) is 85.6 Å². The van der Waals surface area contributed by atoms with Gasteiger partial charge in [0.05, 0.1) is 84.4 Å². The summed E-state index contributed by atoms with van der Waals surface area (Å²) in [7, 11) is 0. The summed E-state index contributed by atoms with van der Waals surface area (Å²) in [5, 5.41) is 11.1. The Labute approximate surface area is 238 Å². The number of thiol groups is 1. The second-order valence-corrected chi connectivity index (χ2v) is 14.0. The van der Waals surface area contributed by atoms with Crippen LogP contribution in [0.1, 0.15) is 58.6 Å². The Morgan fingerprint density at radius 2 is 1.41 bits per heavy atom. The van der Waals surface area contributed by atoms with Crippen LogP contribution in [0.15, 0.2) is 6.20 Å². The van der Waals surface area contributed by atoms with Gasteiger partial charge in [-0.3, -0.25) is 9.36 Å².